The Morgan fingerprint density at radius 2 is 2.12 bits per heavy atom. The van der Waals surface area contributed by atoms with Gasteiger partial charge >= 0.3 is 12.2 Å². The van der Waals surface area contributed by atoms with E-state index in [0.717, 1.165) is 23.1 Å². The number of halogens is 3. The Balaban J connectivity index is 2.01. The first-order chi connectivity index (χ1) is 11.9. The largest absolute Gasteiger partial charge is 0.414 e. The van der Waals surface area contributed by atoms with Crippen LogP contribution in [0.15, 0.2) is 24.3 Å². The standard InChI is InChI=1S/C18H22F3N3O/c1-2-3-10-22-17(25)24-11-6-8-13-12-7-4-5-9-14(12)23-15(13)16(24)18(19,20)21/h4-5,7,9,16,23H,2-3,6,8,10-11H2,1H3,(H,22,25). The van der Waals surface area contributed by atoms with Gasteiger partial charge in [-0.3, -0.25) is 0 Å². The summed E-state index contributed by atoms with van der Waals surface area (Å²) in [6.07, 6.45) is -1.90. The number of hydrogen-bond donors (Lipinski definition) is 2. The van der Waals surface area contributed by atoms with Crippen LogP contribution < -0.4 is 5.32 Å². The number of carbonyl (C=O) groups is 1. The second-order valence-corrected chi connectivity index (χ2v) is 6.39. The first-order valence-corrected chi connectivity index (χ1v) is 8.64. The number of para-hydroxylation sites is 1. The van der Waals surface area contributed by atoms with Crippen LogP contribution in [0.25, 0.3) is 10.9 Å². The third-order valence-electron chi connectivity index (χ3n) is 4.64. The van der Waals surface area contributed by atoms with Crippen molar-refractivity contribution < 1.29 is 18.0 Å². The van der Waals surface area contributed by atoms with Crippen molar-refractivity contribution in [1.29, 1.82) is 0 Å². The number of urea groups is 1. The molecule has 1 aromatic carbocycles. The fourth-order valence-electron chi connectivity index (χ4n) is 3.47. The lowest BCUT2D eigenvalue weighted by atomic mass is 10.0. The number of fused-ring (bicyclic) bond motifs is 3. The molecule has 1 aromatic heterocycles. The first-order valence-electron chi connectivity index (χ1n) is 8.64. The molecule has 1 aliphatic heterocycles. The van der Waals surface area contributed by atoms with Crippen LogP contribution in [0, 0.1) is 0 Å². The summed E-state index contributed by atoms with van der Waals surface area (Å²) in [6, 6.07) is 4.61. The van der Waals surface area contributed by atoms with Gasteiger partial charge in [0.2, 0.25) is 0 Å². The molecule has 2 N–H and O–H groups in total. The van der Waals surface area contributed by atoms with Gasteiger partial charge in [-0.15, -0.1) is 0 Å². The summed E-state index contributed by atoms with van der Waals surface area (Å²) in [6.45, 7) is 2.43. The summed E-state index contributed by atoms with van der Waals surface area (Å²) >= 11 is 0. The van der Waals surface area contributed by atoms with Crippen molar-refractivity contribution in [1.82, 2.24) is 15.2 Å². The third-order valence-corrected chi connectivity index (χ3v) is 4.64. The van der Waals surface area contributed by atoms with Gasteiger partial charge in [0.15, 0.2) is 6.04 Å². The Hall–Kier alpha value is -2.18. The molecule has 0 fully saturated rings. The number of nitrogens with zero attached hydrogens (tertiary/aromatic N) is 1. The van der Waals surface area contributed by atoms with E-state index in [-0.39, 0.29) is 12.2 Å². The van der Waals surface area contributed by atoms with Crippen LogP contribution >= 0.6 is 0 Å². The van der Waals surface area contributed by atoms with Gasteiger partial charge < -0.3 is 15.2 Å². The fraction of sp³-hybridized carbons (Fsp3) is 0.500. The van der Waals surface area contributed by atoms with Crippen molar-refractivity contribution in [3.05, 3.63) is 35.5 Å². The monoisotopic (exact) mass is 353 g/mol. The van der Waals surface area contributed by atoms with Crippen LogP contribution in [0.4, 0.5) is 18.0 Å². The zero-order valence-electron chi connectivity index (χ0n) is 14.1. The van der Waals surface area contributed by atoms with Gasteiger partial charge in [0.25, 0.3) is 0 Å². The van der Waals surface area contributed by atoms with Crippen molar-refractivity contribution in [3.8, 4) is 0 Å². The molecule has 0 radical (unpaired) electrons. The van der Waals surface area contributed by atoms with Crippen LogP contribution in [-0.4, -0.2) is 35.2 Å². The summed E-state index contributed by atoms with van der Waals surface area (Å²) in [5.74, 6) is 0. The highest BCUT2D eigenvalue weighted by atomic mass is 19.4. The zero-order chi connectivity index (χ0) is 18.0. The predicted octanol–water partition coefficient (Wildman–Crippen LogP) is 4.53. The average Bonchev–Trinajstić information content (AvgIpc) is 2.79. The lowest BCUT2D eigenvalue weighted by Gasteiger charge is -2.31. The molecule has 0 bridgehead atoms. The normalized spacial score (nSPS) is 18.1. The molecular formula is C18H22F3N3O. The van der Waals surface area contributed by atoms with Crippen LogP contribution in [-0.2, 0) is 6.42 Å². The minimum absolute atomic E-state index is 0.0823. The van der Waals surface area contributed by atoms with Gasteiger partial charge in [0.1, 0.15) is 0 Å². The van der Waals surface area contributed by atoms with E-state index in [1.807, 2.05) is 19.1 Å². The van der Waals surface area contributed by atoms with Crippen molar-refractivity contribution in [2.75, 3.05) is 13.1 Å². The summed E-state index contributed by atoms with van der Waals surface area (Å²) in [7, 11) is 0. The van der Waals surface area contributed by atoms with Crippen LogP contribution in [0.1, 0.15) is 43.5 Å². The number of aryl methyl sites for hydroxylation is 1. The van der Waals surface area contributed by atoms with Gasteiger partial charge in [-0.25, -0.2) is 4.79 Å². The number of aromatic nitrogens is 1. The lowest BCUT2D eigenvalue weighted by molar-refractivity contribution is -0.179. The SMILES string of the molecule is CCCCNC(=O)N1CCCc2c([nH]c3ccccc23)C1C(F)(F)F. The van der Waals surface area contributed by atoms with E-state index in [2.05, 4.69) is 10.3 Å². The van der Waals surface area contributed by atoms with E-state index >= 15 is 0 Å². The summed E-state index contributed by atoms with van der Waals surface area (Å²) < 4.78 is 41.7. The molecule has 3 rings (SSSR count). The number of H-pyrrole nitrogens is 1. The predicted molar refractivity (Wildman–Crippen MR) is 90.4 cm³/mol. The lowest BCUT2D eigenvalue weighted by Crippen LogP contribution is -2.47. The van der Waals surface area contributed by atoms with Gasteiger partial charge in [-0.2, -0.15) is 13.2 Å². The number of alkyl halides is 3. The summed E-state index contributed by atoms with van der Waals surface area (Å²) in [5.41, 5.74) is 1.44. The molecule has 0 saturated carbocycles. The number of amides is 2. The van der Waals surface area contributed by atoms with E-state index in [1.165, 1.54) is 0 Å². The van der Waals surface area contributed by atoms with Crippen molar-refractivity contribution in [2.24, 2.45) is 0 Å². The maximum atomic E-state index is 13.9. The quantitative estimate of drug-likeness (QED) is 0.783. The van der Waals surface area contributed by atoms with E-state index in [1.54, 1.807) is 12.1 Å². The molecule has 2 heterocycles. The van der Waals surface area contributed by atoms with Crippen molar-refractivity contribution >= 4 is 16.9 Å². The molecule has 7 heteroatoms. The molecule has 2 aromatic rings. The maximum absolute atomic E-state index is 13.9. The molecular weight excluding hydrogens is 331 g/mol. The highest BCUT2D eigenvalue weighted by molar-refractivity contribution is 5.85. The van der Waals surface area contributed by atoms with Crippen LogP contribution in [0.5, 0.6) is 0 Å². The second kappa shape index (κ2) is 6.98. The Labute approximate surface area is 144 Å². The number of benzene rings is 1. The number of rotatable bonds is 3. The minimum Gasteiger partial charge on any atom is -0.356 e. The number of carbonyl (C=O) groups excluding carboxylic acids is 1. The molecule has 4 nitrogen and oxygen atoms in total. The Bertz CT molecular complexity index is 754. The van der Waals surface area contributed by atoms with E-state index < -0.39 is 18.2 Å². The first kappa shape index (κ1) is 17.6. The number of unbranched alkanes of at least 4 members (excludes halogenated alkanes) is 1. The number of hydrogen-bond acceptors (Lipinski definition) is 1. The van der Waals surface area contributed by atoms with Gasteiger partial charge in [-0.05, 0) is 30.9 Å². The van der Waals surface area contributed by atoms with E-state index in [0.29, 0.717) is 30.5 Å². The topological polar surface area (TPSA) is 48.1 Å². The highest BCUT2D eigenvalue weighted by Gasteiger charge is 2.49. The Kier molecular flexibility index (Phi) is 4.92. The van der Waals surface area contributed by atoms with Crippen molar-refractivity contribution in [2.45, 2.75) is 44.8 Å². The maximum Gasteiger partial charge on any atom is 0.414 e. The second-order valence-electron chi connectivity index (χ2n) is 6.39. The molecule has 1 atom stereocenters. The molecule has 2 amide bonds. The molecule has 0 spiro atoms. The van der Waals surface area contributed by atoms with Crippen LogP contribution in [0.3, 0.4) is 0 Å². The van der Waals surface area contributed by atoms with Gasteiger partial charge in [0, 0.05) is 24.0 Å². The summed E-state index contributed by atoms with van der Waals surface area (Å²) in [5, 5.41) is 3.43. The number of nitrogens with one attached hydrogen (secondary N) is 2. The minimum atomic E-state index is -4.54. The molecule has 0 aliphatic carbocycles. The van der Waals surface area contributed by atoms with E-state index in [9.17, 15) is 18.0 Å². The van der Waals surface area contributed by atoms with Gasteiger partial charge in [-0.1, -0.05) is 31.5 Å². The third kappa shape index (κ3) is 3.45. The molecule has 136 valence electrons. The Morgan fingerprint density at radius 3 is 2.84 bits per heavy atom. The van der Waals surface area contributed by atoms with E-state index in [4.69, 9.17) is 0 Å². The molecule has 25 heavy (non-hydrogen) atoms. The molecule has 1 unspecified atom stereocenters. The average molecular weight is 353 g/mol. The smallest absolute Gasteiger partial charge is 0.356 e. The highest BCUT2D eigenvalue weighted by Crippen LogP contribution is 2.42. The fourth-order valence-corrected chi connectivity index (χ4v) is 3.47. The molecule has 1 aliphatic rings. The number of aromatic amines is 1. The van der Waals surface area contributed by atoms with Crippen molar-refractivity contribution in [3.63, 3.8) is 0 Å². The zero-order valence-corrected chi connectivity index (χ0v) is 14.1. The van der Waals surface area contributed by atoms with Crippen LogP contribution in [0.2, 0.25) is 0 Å². The molecule has 0 saturated heterocycles. The Morgan fingerprint density at radius 1 is 1.36 bits per heavy atom. The van der Waals surface area contributed by atoms with Gasteiger partial charge in [0.05, 0.1) is 5.69 Å². The summed E-state index contributed by atoms with van der Waals surface area (Å²) in [4.78, 5) is 16.3.